The van der Waals surface area contributed by atoms with Gasteiger partial charge in [0.25, 0.3) is 0 Å². The molecule has 1 N–H and O–H groups in total. The van der Waals surface area contributed by atoms with Gasteiger partial charge < -0.3 is 10.0 Å². The van der Waals surface area contributed by atoms with Crippen LogP contribution >= 0.6 is 0 Å². The van der Waals surface area contributed by atoms with Gasteiger partial charge in [-0.05, 0) is 25.3 Å². The normalized spacial score (nSPS) is 13.4. The third kappa shape index (κ3) is 7.80. The van der Waals surface area contributed by atoms with Gasteiger partial charge in [-0.15, -0.1) is 0 Å². The molecule has 0 spiro atoms. The average Bonchev–Trinajstić information content (AvgIpc) is 2.24. The molecule has 0 aromatic rings. The summed E-state index contributed by atoms with van der Waals surface area (Å²) in [4.78, 5) is 2.41. The Balaban J connectivity index is 3.85. The van der Waals surface area contributed by atoms with Crippen molar-refractivity contribution in [2.45, 2.75) is 52.9 Å². The minimum Gasteiger partial charge on any atom is -0.395 e. The third-order valence-electron chi connectivity index (χ3n) is 3.02. The summed E-state index contributed by atoms with van der Waals surface area (Å²) in [7, 11) is 0. The molecule has 0 saturated carbocycles. The van der Waals surface area contributed by atoms with Crippen LogP contribution in [-0.4, -0.2) is 36.2 Å². The molecular weight excluding hydrogens is 186 g/mol. The average molecular weight is 215 g/mol. The number of unbranched alkanes of at least 4 members (excludes halogenated alkanes) is 1. The van der Waals surface area contributed by atoms with E-state index in [1.54, 1.807) is 0 Å². The first-order valence-corrected chi connectivity index (χ1v) is 6.61. The predicted molar refractivity (Wildman–Crippen MR) is 67.1 cm³/mol. The molecule has 0 aromatic heterocycles. The van der Waals surface area contributed by atoms with Crippen molar-refractivity contribution < 1.29 is 5.11 Å². The first-order valence-electron chi connectivity index (χ1n) is 6.61. The lowest BCUT2D eigenvalue weighted by Gasteiger charge is -2.26. The van der Waals surface area contributed by atoms with Crippen molar-refractivity contribution in [1.82, 2.24) is 4.90 Å². The Kier molecular flexibility index (Phi) is 10.4. The molecule has 0 aliphatic rings. The maximum Gasteiger partial charge on any atom is 0.0558 e. The van der Waals surface area contributed by atoms with E-state index in [9.17, 15) is 0 Å². The van der Waals surface area contributed by atoms with Crippen molar-refractivity contribution in [3.05, 3.63) is 0 Å². The van der Waals surface area contributed by atoms with Gasteiger partial charge in [0.05, 0.1) is 6.61 Å². The Morgan fingerprint density at radius 3 is 2.27 bits per heavy atom. The molecule has 0 amide bonds. The number of hydrogen-bond acceptors (Lipinski definition) is 2. The van der Waals surface area contributed by atoms with Crippen LogP contribution in [0.15, 0.2) is 0 Å². The van der Waals surface area contributed by atoms with Gasteiger partial charge >= 0.3 is 0 Å². The second kappa shape index (κ2) is 10.4. The van der Waals surface area contributed by atoms with E-state index < -0.39 is 0 Å². The topological polar surface area (TPSA) is 23.5 Å². The Morgan fingerprint density at radius 2 is 1.80 bits per heavy atom. The Hall–Kier alpha value is -0.0800. The highest BCUT2D eigenvalue weighted by molar-refractivity contribution is 4.65. The van der Waals surface area contributed by atoms with Crippen molar-refractivity contribution in [1.29, 1.82) is 0 Å². The van der Waals surface area contributed by atoms with E-state index in [4.69, 9.17) is 5.11 Å². The molecular formula is C13H29NO. The van der Waals surface area contributed by atoms with Gasteiger partial charge in [0.2, 0.25) is 0 Å². The van der Waals surface area contributed by atoms with Crippen molar-refractivity contribution in [3.8, 4) is 0 Å². The van der Waals surface area contributed by atoms with Crippen LogP contribution in [0.3, 0.4) is 0 Å². The van der Waals surface area contributed by atoms with Crippen molar-refractivity contribution in [2.75, 3.05) is 26.2 Å². The van der Waals surface area contributed by atoms with Gasteiger partial charge in [-0.3, -0.25) is 0 Å². The molecule has 0 aliphatic carbocycles. The quantitative estimate of drug-likeness (QED) is 0.606. The minimum atomic E-state index is 0.296. The Bertz CT molecular complexity index is 122. The molecule has 1 atom stereocenters. The number of aliphatic hydroxyl groups is 1. The molecule has 2 heteroatoms. The molecule has 0 radical (unpaired) electrons. The highest BCUT2D eigenvalue weighted by Crippen LogP contribution is 2.14. The largest absolute Gasteiger partial charge is 0.395 e. The SMILES string of the molecule is CCCCC(CC)CN(CCC)CCO. The zero-order chi connectivity index (χ0) is 11.5. The molecule has 2 nitrogen and oxygen atoms in total. The molecule has 92 valence electrons. The maximum absolute atomic E-state index is 8.98. The molecule has 1 unspecified atom stereocenters. The number of hydrogen-bond donors (Lipinski definition) is 1. The van der Waals surface area contributed by atoms with Gasteiger partial charge in [-0.25, -0.2) is 0 Å². The van der Waals surface area contributed by atoms with Gasteiger partial charge in [0, 0.05) is 13.1 Å². The van der Waals surface area contributed by atoms with Crippen LogP contribution in [0.1, 0.15) is 52.9 Å². The molecule has 0 saturated heterocycles. The number of nitrogens with zero attached hydrogens (tertiary/aromatic N) is 1. The van der Waals surface area contributed by atoms with Crippen LogP contribution in [0, 0.1) is 5.92 Å². The van der Waals surface area contributed by atoms with E-state index >= 15 is 0 Å². The van der Waals surface area contributed by atoms with Crippen LogP contribution in [-0.2, 0) is 0 Å². The molecule has 15 heavy (non-hydrogen) atoms. The zero-order valence-electron chi connectivity index (χ0n) is 10.8. The van der Waals surface area contributed by atoms with Crippen LogP contribution < -0.4 is 0 Å². The van der Waals surface area contributed by atoms with E-state index in [-0.39, 0.29) is 0 Å². The summed E-state index contributed by atoms with van der Waals surface area (Å²) in [6.07, 6.45) is 6.44. The lowest BCUT2D eigenvalue weighted by molar-refractivity contribution is 0.169. The fourth-order valence-electron chi connectivity index (χ4n) is 2.03. The van der Waals surface area contributed by atoms with E-state index in [2.05, 4.69) is 25.7 Å². The highest BCUT2D eigenvalue weighted by atomic mass is 16.3. The Morgan fingerprint density at radius 1 is 1.07 bits per heavy atom. The highest BCUT2D eigenvalue weighted by Gasteiger charge is 2.11. The summed E-state index contributed by atoms with van der Waals surface area (Å²) >= 11 is 0. The van der Waals surface area contributed by atoms with Gasteiger partial charge in [0.15, 0.2) is 0 Å². The first-order chi connectivity index (χ1) is 7.28. The van der Waals surface area contributed by atoms with E-state index in [1.165, 1.54) is 38.6 Å². The van der Waals surface area contributed by atoms with Gasteiger partial charge in [-0.2, -0.15) is 0 Å². The lowest BCUT2D eigenvalue weighted by Crippen LogP contribution is -2.32. The lowest BCUT2D eigenvalue weighted by atomic mass is 9.98. The predicted octanol–water partition coefficient (Wildman–Crippen LogP) is 2.91. The van der Waals surface area contributed by atoms with Crippen LogP contribution in [0.5, 0.6) is 0 Å². The zero-order valence-corrected chi connectivity index (χ0v) is 10.8. The summed E-state index contributed by atoms with van der Waals surface area (Å²) in [6, 6.07) is 0. The Labute approximate surface area is 95.7 Å². The second-order valence-corrected chi connectivity index (χ2v) is 4.44. The summed E-state index contributed by atoms with van der Waals surface area (Å²) in [6.45, 7) is 10.2. The molecule has 0 fully saturated rings. The third-order valence-corrected chi connectivity index (χ3v) is 3.02. The summed E-state index contributed by atoms with van der Waals surface area (Å²) in [5.74, 6) is 0.822. The maximum atomic E-state index is 8.98. The molecule has 0 bridgehead atoms. The standard InChI is InChI=1S/C13H29NO/c1-4-7-8-13(6-3)12-14(9-5-2)10-11-15/h13,15H,4-12H2,1-3H3. The summed E-state index contributed by atoms with van der Waals surface area (Å²) < 4.78 is 0. The van der Waals surface area contributed by atoms with Crippen LogP contribution in [0.4, 0.5) is 0 Å². The molecule has 0 rings (SSSR count). The molecule has 0 heterocycles. The fraction of sp³-hybridized carbons (Fsp3) is 1.00. The number of rotatable bonds is 10. The monoisotopic (exact) mass is 215 g/mol. The molecule has 0 aliphatic heterocycles. The minimum absolute atomic E-state index is 0.296. The van der Waals surface area contributed by atoms with Crippen molar-refractivity contribution >= 4 is 0 Å². The first kappa shape index (κ1) is 14.9. The number of aliphatic hydroxyl groups excluding tert-OH is 1. The van der Waals surface area contributed by atoms with Gasteiger partial charge in [0.1, 0.15) is 0 Å². The summed E-state index contributed by atoms with van der Waals surface area (Å²) in [5, 5.41) is 8.98. The van der Waals surface area contributed by atoms with Crippen LogP contribution in [0.25, 0.3) is 0 Å². The second-order valence-electron chi connectivity index (χ2n) is 4.44. The molecule has 0 aromatic carbocycles. The van der Waals surface area contributed by atoms with E-state index in [0.29, 0.717) is 6.61 Å². The van der Waals surface area contributed by atoms with E-state index in [0.717, 1.165) is 19.0 Å². The van der Waals surface area contributed by atoms with E-state index in [1.807, 2.05) is 0 Å². The van der Waals surface area contributed by atoms with Gasteiger partial charge in [-0.1, -0.05) is 40.0 Å². The summed E-state index contributed by atoms with van der Waals surface area (Å²) in [5.41, 5.74) is 0. The smallest absolute Gasteiger partial charge is 0.0558 e. The van der Waals surface area contributed by atoms with Crippen molar-refractivity contribution in [2.24, 2.45) is 5.92 Å². The van der Waals surface area contributed by atoms with Crippen LogP contribution in [0.2, 0.25) is 0 Å². The fourth-order valence-corrected chi connectivity index (χ4v) is 2.03. The van der Waals surface area contributed by atoms with Crippen molar-refractivity contribution in [3.63, 3.8) is 0 Å².